The SMILES string of the molecule is CN(C)c1c(C(=O)CN2CCCCC2)c2ccccc2n1-c1ccc(Cl)cc1. The van der Waals surface area contributed by atoms with Crippen LogP contribution < -0.4 is 4.90 Å². The smallest absolute Gasteiger partial charge is 0.181 e. The number of carbonyl (C=O) groups is 1. The third-order valence-electron chi connectivity index (χ3n) is 5.45. The van der Waals surface area contributed by atoms with Crippen LogP contribution in [0.1, 0.15) is 29.6 Å². The van der Waals surface area contributed by atoms with Crippen LogP contribution in [0, 0.1) is 0 Å². The highest BCUT2D eigenvalue weighted by molar-refractivity contribution is 6.30. The van der Waals surface area contributed by atoms with Crippen LogP contribution in [0.25, 0.3) is 16.6 Å². The van der Waals surface area contributed by atoms with E-state index in [0.29, 0.717) is 11.6 Å². The third-order valence-corrected chi connectivity index (χ3v) is 5.70. The van der Waals surface area contributed by atoms with E-state index in [1.165, 1.54) is 19.3 Å². The highest BCUT2D eigenvalue weighted by Crippen LogP contribution is 2.35. The van der Waals surface area contributed by atoms with E-state index in [1.807, 2.05) is 55.4 Å². The summed E-state index contributed by atoms with van der Waals surface area (Å²) in [6.07, 6.45) is 3.63. The number of halogens is 1. The molecule has 2 heterocycles. The van der Waals surface area contributed by atoms with Crippen molar-refractivity contribution in [3.63, 3.8) is 0 Å². The Morgan fingerprint density at radius 1 is 1.00 bits per heavy atom. The molecule has 3 aromatic rings. The van der Waals surface area contributed by atoms with Crippen molar-refractivity contribution in [2.45, 2.75) is 19.3 Å². The Balaban J connectivity index is 1.86. The minimum absolute atomic E-state index is 0.189. The molecule has 4 rings (SSSR count). The molecule has 0 atom stereocenters. The van der Waals surface area contributed by atoms with Gasteiger partial charge in [0.2, 0.25) is 0 Å². The van der Waals surface area contributed by atoms with Gasteiger partial charge in [-0.2, -0.15) is 0 Å². The van der Waals surface area contributed by atoms with Crippen molar-refractivity contribution >= 4 is 34.1 Å². The standard InChI is InChI=1S/C23H26ClN3O/c1-25(2)23-22(21(28)16-26-14-6-3-7-15-26)19-8-4-5-9-20(19)27(23)18-12-10-17(24)11-13-18/h4-5,8-13H,3,6-7,14-16H2,1-2H3. The van der Waals surface area contributed by atoms with Crippen molar-refractivity contribution in [1.82, 2.24) is 9.47 Å². The summed E-state index contributed by atoms with van der Waals surface area (Å²) in [6.45, 7) is 2.51. The van der Waals surface area contributed by atoms with Crippen LogP contribution in [0.2, 0.25) is 5.02 Å². The number of aromatic nitrogens is 1. The van der Waals surface area contributed by atoms with Crippen LogP contribution in [0.5, 0.6) is 0 Å². The first kappa shape index (κ1) is 19.0. The van der Waals surface area contributed by atoms with E-state index in [-0.39, 0.29) is 5.78 Å². The zero-order valence-corrected chi connectivity index (χ0v) is 17.2. The molecule has 0 amide bonds. The van der Waals surface area contributed by atoms with E-state index in [9.17, 15) is 4.79 Å². The largest absolute Gasteiger partial charge is 0.363 e. The molecule has 1 aromatic heterocycles. The Kier molecular flexibility index (Phi) is 5.42. The third kappa shape index (κ3) is 3.54. The number of hydrogen-bond donors (Lipinski definition) is 0. The van der Waals surface area contributed by atoms with Crippen molar-refractivity contribution in [2.24, 2.45) is 0 Å². The number of likely N-dealkylation sites (tertiary alicyclic amines) is 1. The van der Waals surface area contributed by atoms with E-state index in [4.69, 9.17) is 11.6 Å². The van der Waals surface area contributed by atoms with E-state index in [1.54, 1.807) is 0 Å². The maximum atomic E-state index is 13.4. The summed E-state index contributed by atoms with van der Waals surface area (Å²) in [5.74, 6) is 1.11. The lowest BCUT2D eigenvalue weighted by molar-refractivity contribution is 0.0918. The molecule has 0 spiro atoms. The van der Waals surface area contributed by atoms with Crippen molar-refractivity contribution in [2.75, 3.05) is 38.6 Å². The van der Waals surface area contributed by atoms with Gasteiger partial charge >= 0.3 is 0 Å². The number of Topliss-reactive ketones (excluding diaryl/α,β-unsaturated/α-hetero) is 1. The maximum absolute atomic E-state index is 13.4. The van der Waals surface area contributed by atoms with Gasteiger partial charge in [-0.15, -0.1) is 0 Å². The molecule has 0 N–H and O–H groups in total. The monoisotopic (exact) mass is 395 g/mol. The van der Waals surface area contributed by atoms with E-state index in [0.717, 1.165) is 41.1 Å². The van der Waals surface area contributed by atoms with Crippen LogP contribution in [0.3, 0.4) is 0 Å². The summed E-state index contributed by atoms with van der Waals surface area (Å²) >= 11 is 6.10. The number of ketones is 1. The summed E-state index contributed by atoms with van der Waals surface area (Å²) in [5.41, 5.74) is 2.85. The van der Waals surface area contributed by atoms with Crippen molar-refractivity contribution in [3.05, 3.63) is 59.1 Å². The number of piperidine rings is 1. The number of hydrogen-bond acceptors (Lipinski definition) is 3. The average Bonchev–Trinajstić information content (AvgIpc) is 3.05. The van der Waals surface area contributed by atoms with Gasteiger partial charge in [-0.1, -0.05) is 36.2 Å². The lowest BCUT2D eigenvalue weighted by atomic mass is 10.1. The number of nitrogens with zero attached hydrogens (tertiary/aromatic N) is 3. The fourth-order valence-electron chi connectivity index (χ4n) is 4.18. The van der Waals surface area contributed by atoms with Crippen LogP contribution in [-0.2, 0) is 0 Å². The molecular weight excluding hydrogens is 370 g/mol. The summed E-state index contributed by atoms with van der Waals surface area (Å²) < 4.78 is 2.16. The number of anilines is 1. The van der Waals surface area contributed by atoms with Crippen molar-refractivity contribution in [3.8, 4) is 5.69 Å². The molecule has 1 fully saturated rings. The topological polar surface area (TPSA) is 28.5 Å². The Morgan fingerprint density at radius 2 is 1.68 bits per heavy atom. The normalized spacial score (nSPS) is 15.1. The predicted octanol–water partition coefficient (Wildman–Crippen LogP) is 5.02. The molecule has 2 aromatic carbocycles. The minimum atomic E-state index is 0.189. The van der Waals surface area contributed by atoms with Crippen LogP contribution >= 0.6 is 11.6 Å². The number of benzene rings is 2. The molecule has 1 aliphatic rings. The molecule has 0 saturated carbocycles. The molecule has 1 saturated heterocycles. The first-order chi connectivity index (χ1) is 13.6. The van der Waals surface area contributed by atoms with Gasteiger partial charge in [0.05, 0.1) is 17.6 Å². The molecule has 0 unspecified atom stereocenters. The summed E-state index contributed by atoms with van der Waals surface area (Å²) in [6, 6.07) is 15.9. The number of carbonyl (C=O) groups excluding carboxylic acids is 1. The van der Waals surface area contributed by atoms with Crippen LogP contribution in [-0.4, -0.2) is 49.0 Å². The number of rotatable bonds is 5. The summed E-state index contributed by atoms with van der Waals surface area (Å²) in [5, 5.41) is 1.70. The summed E-state index contributed by atoms with van der Waals surface area (Å²) in [4.78, 5) is 17.8. The molecule has 1 aliphatic heterocycles. The zero-order valence-electron chi connectivity index (χ0n) is 16.5. The quantitative estimate of drug-likeness (QED) is 0.568. The minimum Gasteiger partial charge on any atom is -0.363 e. The second-order valence-electron chi connectivity index (χ2n) is 7.68. The Hall–Kier alpha value is -2.30. The molecule has 0 radical (unpaired) electrons. The van der Waals surface area contributed by atoms with E-state index < -0.39 is 0 Å². The molecule has 0 aliphatic carbocycles. The average molecular weight is 396 g/mol. The molecule has 146 valence electrons. The van der Waals surface area contributed by atoms with Gasteiger partial charge < -0.3 is 4.90 Å². The van der Waals surface area contributed by atoms with Crippen LogP contribution in [0.4, 0.5) is 5.82 Å². The Labute approximate surface area is 171 Å². The molecule has 4 nitrogen and oxygen atoms in total. The highest BCUT2D eigenvalue weighted by atomic mass is 35.5. The maximum Gasteiger partial charge on any atom is 0.181 e. The van der Waals surface area contributed by atoms with Gasteiger partial charge in [0, 0.05) is 30.2 Å². The highest BCUT2D eigenvalue weighted by Gasteiger charge is 2.26. The summed E-state index contributed by atoms with van der Waals surface area (Å²) in [7, 11) is 4.00. The lowest BCUT2D eigenvalue weighted by Crippen LogP contribution is -2.34. The first-order valence-corrected chi connectivity index (χ1v) is 10.3. The fraction of sp³-hybridized carbons (Fsp3) is 0.348. The number of para-hydroxylation sites is 1. The second-order valence-corrected chi connectivity index (χ2v) is 8.12. The van der Waals surface area contributed by atoms with Gasteiger partial charge in [0.25, 0.3) is 0 Å². The molecule has 0 bridgehead atoms. The van der Waals surface area contributed by atoms with Gasteiger partial charge in [-0.25, -0.2) is 0 Å². The molecule has 28 heavy (non-hydrogen) atoms. The lowest BCUT2D eigenvalue weighted by Gasteiger charge is -2.26. The predicted molar refractivity (Wildman–Crippen MR) is 117 cm³/mol. The van der Waals surface area contributed by atoms with E-state index in [2.05, 4.69) is 21.6 Å². The van der Waals surface area contributed by atoms with Gasteiger partial charge in [-0.3, -0.25) is 14.3 Å². The molecule has 5 heteroatoms. The van der Waals surface area contributed by atoms with Crippen LogP contribution in [0.15, 0.2) is 48.5 Å². The molecular formula is C23H26ClN3O. The van der Waals surface area contributed by atoms with Gasteiger partial charge in [0.15, 0.2) is 5.78 Å². The van der Waals surface area contributed by atoms with E-state index >= 15 is 0 Å². The second kappa shape index (κ2) is 7.98. The van der Waals surface area contributed by atoms with Gasteiger partial charge in [-0.05, 0) is 56.3 Å². The number of fused-ring (bicyclic) bond motifs is 1. The Morgan fingerprint density at radius 3 is 2.36 bits per heavy atom. The van der Waals surface area contributed by atoms with Crippen molar-refractivity contribution in [1.29, 1.82) is 0 Å². The fourth-order valence-corrected chi connectivity index (χ4v) is 4.30. The Bertz CT molecular complexity index is 985. The van der Waals surface area contributed by atoms with Crippen molar-refractivity contribution < 1.29 is 4.79 Å². The van der Waals surface area contributed by atoms with Gasteiger partial charge in [0.1, 0.15) is 5.82 Å². The first-order valence-electron chi connectivity index (χ1n) is 9.88. The zero-order chi connectivity index (χ0) is 19.7.